The van der Waals surface area contributed by atoms with Gasteiger partial charge in [-0.15, -0.1) is 0 Å². The molecule has 0 amide bonds. The summed E-state index contributed by atoms with van der Waals surface area (Å²) in [6, 6.07) is 6.76. The van der Waals surface area contributed by atoms with Crippen LogP contribution in [0.2, 0.25) is 0 Å². The number of benzene rings is 2. The van der Waals surface area contributed by atoms with Gasteiger partial charge in [0.2, 0.25) is 6.29 Å². The third kappa shape index (κ3) is 5.93. The molecule has 0 fully saturated rings. The molecular formula is C20H20O10. The molecule has 0 heterocycles. The van der Waals surface area contributed by atoms with Crippen molar-refractivity contribution in [2.75, 3.05) is 0 Å². The molecule has 160 valence electrons. The van der Waals surface area contributed by atoms with Crippen molar-refractivity contribution >= 4 is 17.9 Å². The van der Waals surface area contributed by atoms with E-state index in [0.29, 0.717) is 6.42 Å². The zero-order chi connectivity index (χ0) is 22.3. The van der Waals surface area contributed by atoms with E-state index in [4.69, 9.17) is 14.5 Å². The van der Waals surface area contributed by atoms with Crippen molar-refractivity contribution in [1.82, 2.24) is 0 Å². The first-order valence-electron chi connectivity index (χ1n) is 8.83. The van der Waals surface area contributed by atoms with Crippen molar-refractivity contribution in [2.24, 2.45) is 0 Å². The number of phenols is 2. The first-order chi connectivity index (χ1) is 14.2. The molecule has 4 N–H and O–H groups in total. The van der Waals surface area contributed by atoms with Crippen molar-refractivity contribution < 1.29 is 49.3 Å². The van der Waals surface area contributed by atoms with Crippen LogP contribution in [0.5, 0.6) is 11.5 Å². The summed E-state index contributed by atoms with van der Waals surface area (Å²) < 4.78 is 5.14. The van der Waals surface area contributed by atoms with Gasteiger partial charge in [-0.2, -0.15) is 4.89 Å². The Bertz CT molecular complexity index is 937. The second-order valence-corrected chi connectivity index (χ2v) is 6.16. The second kappa shape index (κ2) is 10.2. The number of hydrogen-bond donors (Lipinski definition) is 4. The standard InChI is InChI=1S/C20H20O10/c1-2-3-17(29-20(27)16-9-13(22)5-7-15(16)19(25)26)30-28-10-11-8-12(21)4-6-14(11)18(23)24/h4-9,17,21-22H,2-3,10H2,1H3,(H,23,24)(H,25,26). The first-order valence-corrected chi connectivity index (χ1v) is 8.83. The highest BCUT2D eigenvalue weighted by atomic mass is 17.2. The molecule has 10 nitrogen and oxygen atoms in total. The Labute approximate surface area is 170 Å². The summed E-state index contributed by atoms with van der Waals surface area (Å²) in [5, 5.41) is 37.4. The third-order valence-electron chi connectivity index (χ3n) is 3.93. The van der Waals surface area contributed by atoms with E-state index in [1.807, 2.05) is 0 Å². The van der Waals surface area contributed by atoms with E-state index in [1.165, 1.54) is 18.2 Å². The van der Waals surface area contributed by atoms with Gasteiger partial charge in [0.1, 0.15) is 18.1 Å². The Morgan fingerprint density at radius 3 is 2.10 bits per heavy atom. The lowest BCUT2D eigenvalue weighted by molar-refractivity contribution is -0.375. The molecule has 0 aliphatic heterocycles. The Kier molecular flexibility index (Phi) is 7.73. The SMILES string of the molecule is CCCC(OOCc1cc(O)ccc1C(=O)O)OC(=O)c1cc(O)ccc1C(=O)O. The fourth-order valence-corrected chi connectivity index (χ4v) is 2.51. The fraction of sp³-hybridized carbons (Fsp3) is 0.250. The predicted octanol–water partition coefficient (Wildman–Crippen LogP) is 2.93. The van der Waals surface area contributed by atoms with Crippen LogP contribution in [-0.4, -0.2) is 44.6 Å². The van der Waals surface area contributed by atoms with Crippen LogP contribution >= 0.6 is 0 Å². The van der Waals surface area contributed by atoms with Crippen LogP contribution in [0, 0.1) is 0 Å². The number of rotatable bonds is 10. The molecule has 10 heteroatoms. The molecule has 2 aromatic carbocycles. The zero-order valence-corrected chi connectivity index (χ0v) is 15.9. The van der Waals surface area contributed by atoms with E-state index < -0.39 is 24.2 Å². The van der Waals surface area contributed by atoms with Crippen molar-refractivity contribution in [3.63, 3.8) is 0 Å². The van der Waals surface area contributed by atoms with Crippen LogP contribution < -0.4 is 0 Å². The molecule has 0 radical (unpaired) electrons. The summed E-state index contributed by atoms with van der Waals surface area (Å²) in [7, 11) is 0. The molecule has 2 rings (SSSR count). The molecule has 0 aliphatic carbocycles. The lowest BCUT2D eigenvalue weighted by Crippen LogP contribution is -2.23. The monoisotopic (exact) mass is 420 g/mol. The third-order valence-corrected chi connectivity index (χ3v) is 3.93. The number of carbonyl (C=O) groups excluding carboxylic acids is 1. The molecule has 1 unspecified atom stereocenters. The lowest BCUT2D eigenvalue weighted by atomic mass is 10.1. The lowest BCUT2D eigenvalue weighted by Gasteiger charge is -2.17. The van der Waals surface area contributed by atoms with Gasteiger partial charge in [-0.25, -0.2) is 19.3 Å². The van der Waals surface area contributed by atoms with Crippen molar-refractivity contribution in [2.45, 2.75) is 32.7 Å². The molecule has 2 aromatic rings. The van der Waals surface area contributed by atoms with Crippen LogP contribution in [0.1, 0.15) is 56.4 Å². The van der Waals surface area contributed by atoms with Gasteiger partial charge < -0.3 is 25.2 Å². The van der Waals surface area contributed by atoms with E-state index in [2.05, 4.69) is 0 Å². The molecule has 1 atom stereocenters. The number of aromatic hydroxyl groups is 2. The van der Waals surface area contributed by atoms with E-state index in [9.17, 15) is 34.8 Å². The Morgan fingerprint density at radius 1 is 0.900 bits per heavy atom. The number of esters is 1. The van der Waals surface area contributed by atoms with Gasteiger partial charge in [-0.3, -0.25) is 0 Å². The number of carboxylic acids is 2. The molecule has 0 aromatic heterocycles. The van der Waals surface area contributed by atoms with Crippen LogP contribution in [0.4, 0.5) is 0 Å². The summed E-state index contributed by atoms with van der Waals surface area (Å²) in [6.45, 7) is 1.42. The predicted molar refractivity (Wildman–Crippen MR) is 100 cm³/mol. The minimum absolute atomic E-state index is 0.105. The van der Waals surface area contributed by atoms with Gasteiger partial charge in [-0.1, -0.05) is 13.3 Å². The quantitative estimate of drug-likeness (QED) is 0.195. The van der Waals surface area contributed by atoms with Gasteiger partial charge in [0.05, 0.1) is 16.7 Å². The minimum atomic E-state index is -1.38. The summed E-state index contributed by atoms with van der Waals surface area (Å²) in [4.78, 5) is 45.0. The van der Waals surface area contributed by atoms with E-state index in [-0.39, 0.29) is 46.8 Å². The maximum Gasteiger partial charge on any atom is 0.341 e. The average Bonchev–Trinajstić information content (AvgIpc) is 2.67. The van der Waals surface area contributed by atoms with Crippen LogP contribution in [0.15, 0.2) is 36.4 Å². The smallest absolute Gasteiger partial charge is 0.341 e. The van der Waals surface area contributed by atoms with Gasteiger partial charge >= 0.3 is 17.9 Å². The number of aromatic carboxylic acids is 2. The Balaban J connectivity index is 2.08. The molecular weight excluding hydrogens is 400 g/mol. The van der Waals surface area contributed by atoms with E-state index >= 15 is 0 Å². The van der Waals surface area contributed by atoms with Crippen molar-refractivity contribution in [1.29, 1.82) is 0 Å². The Hall–Kier alpha value is -3.63. The van der Waals surface area contributed by atoms with E-state index in [1.54, 1.807) is 6.92 Å². The number of phenolic OH excluding ortho intramolecular Hbond substituents is 2. The normalized spacial score (nSPS) is 11.6. The number of ether oxygens (including phenoxy) is 1. The fourth-order valence-electron chi connectivity index (χ4n) is 2.51. The highest BCUT2D eigenvalue weighted by Gasteiger charge is 2.23. The van der Waals surface area contributed by atoms with Crippen molar-refractivity contribution in [3.8, 4) is 11.5 Å². The average molecular weight is 420 g/mol. The zero-order valence-electron chi connectivity index (χ0n) is 15.9. The second-order valence-electron chi connectivity index (χ2n) is 6.16. The van der Waals surface area contributed by atoms with Gasteiger partial charge in [0.25, 0.3) is 0 Å². The highest BCUT2D eigenvalue weighted by Crippen LogP contribution is 2.21. The maximum absolute atomic E-state index is 12.4. The van der Waals surface area contributed by atoms with E-state index in [0.717, 1.165) is 18.2 Å². The Morgan fingerprint density at radius 2 is 1.50 bits per heavy atom. The molecule has 0 saturated carbocycles. The summed E-state index contributed by atoms with van der Waals surface area (Å²) in [6.07, 6.45) is -0.518. The number of hydrogen-bond acceptors (Lipinski definition) is 8. The largest absolute Gasteiger partial charge is 0.508 e. The van der Waals surface area contributed by atoms with Gasteiger partial charge in [-0.05, 0) is 42.0 Å². The summed E-state index contributed by atoms with van der Waals surface area (Å²) in [5.74, 6) is -4.14. The molecule has 30 heavy (non-hydrogen) atoms. The van der Waals surface area contributed by atoms with Crippen molar-refractivity contribution in [3.05, 3.63) is 58.7 Å². The highest BCUT2D eigenvalue weighted by molar-refractivity contribution is 6.02. The van der Waals surface area contributed by atoms with Crippen LogP contribution in [0.25, 0.3) is 0 Å². The molecule has 0 bridgehead atoms. The molecule has 0 aliphatic rings. The number of carbonyl (C=O) groups is 3. The maximum atomic E-state index is 12.4. The number of carboxylic acid groups (broad SMARTS) is 2. The first kappa shape index (κ1) is 22.7. The minimum Gasteiger partial charge on any atom is -0.508 e. The molecule has 0 spiro atoms. The summed E-state index contributed by atoms with van der Waals surface area (Å²) in [5.41, 5.74) is -0.704. The van der Waals surface area contributed by atoms with Crippen LogP contribution in [-0.2, 0) is 21.1 Å². The van der Waals surface area contributed by atoms with Gasteiger partial charge in [0.15, 0.2) is 0 Å². The van der Waals surface area contributed by atoms with Crippen LogP contribution in [0.3, 0.4) is 0 Å². The summed E-state index contributed by atoms with van der Waals surface area (Å²) >= 11 is 0. The topological polar surface area (TPSA) is 160 Å². The van der Waals surface area contributed by atoms with Gasteiger partial charge in [0, 0.05) is 6.42 Å². The molecule has 0 saturated heterocycles.